The van der Waals surface area contributed by atoms with Gasteiger partial charge in [0.25, 0.3) is 0 Å². The van der Waals surface area contributed by atoms with Crippen molar-refractivity contribution in [3.05, 3.63) is 48.0 Å². The van der Waals surface area contributed by atoms with E-state index in [1.54, 1.807) is 0 Å². The number of benzene rings is 2. The van der Waals surface area contributed by atoms with Crippen molar-refractivity contribution in [1.29, 1.82) is 0 Å². The van der Waals surface area contributed by atoms with E-state index in [2.05, 4.69) is 46.6 Å². The minimum absolute atomic E-state index is 0.163. The molecule has 144 valence electrons. The Morgan fingerprint density at radius 2 is 1.67 bits per heavy atom. The van der Waals surface area contributed by atoms with E-state index in [0.717, 1.165) is 37.4 Å². The van der Waals surface area contributed by atoms with Gasteiger partial charge in [-0.25, -0.2) is 0 Å². The third kappa shape index (κ3) is 5.10. The van der Waals surface area contributed by atoms with Crippen LogP contribution in [-0.2, 0) is 11.2 Å². The molecule has 2 aromatic carbocycles. The first-order valence-electron chi connectivity index (χ1n) is 10.8. The summed E-state index contributed by atoms with van der Waals surface area (Å²) in [5, 5.41) is 5.71. The third-order valence-electron chi connectivity index (χ3n) is 6.37. The molecule has 1 saturated carbocycles. The lowest BCUT2D eigenvalue weighted by atomic mass is 9.88. The zero-order valence-corrected chi connectivity index (χ0v) is 16.3. The number of carbonyl (C=O) groups excluding carboxylic acids is 1. The number of fused-ring (bicyclic) bond motifs is 1. The van der Waals surface area contributed by atoms with Gasteiger partial charge in [-0.3, -0.25) is 4.79 Å². The predicted molar refractivity (Wildman–Crippen MR) is 112 cm³/mol. The molecule has 1 aliphatic carbocycles. The third-order valence-corrected chi connectivity index (χ3v) is 6.37. The first kappa shape index (κ1) is 18.5. The largest absolute Gasteiger partial charge is 0.353 e. The molecule has 0 atom stereocenters. The molecule has 1 amide bonds. The van der Waals surface area contributed by atoms with Gasteiger partial charge >= 0.3 is 0 Å². The molecule has 0 bridgehead atoms. The quantitative estimate of drug-likeness (QED) is 0.844. The Hall–Kier alpha value is -1.87. The molecular weight excluding hydrogens is 332 g/mol. The van der Waals surface area contributed by atoms with E-state index < -0.39 is 0 Å². The monoisotopic (exact) mass is 364 g/mol. The fourth-order valence-electron chi connectivity index (χ4n) is 4.81. The summed E-state index contributed by atoms with van der Waals surface area (Å²) in [6, 6.07) is 15.0. The van der Waals surface area contributed by atoms with Crippen molar-refractivity contribution < 1.29 is 4.79 Å². The molecule has 0 unspecified atom stereocenters. The van der Waals surface area contributed by atoms with E-state index in [9.17, 15) is 4.79 Å². The summed E-state index contributed by atoms with van der Waals surface area (Å²) in [7, 11) is 0. The minimum atomic E-state index is 0.163. The molecule has 0 radical (unpaired) electrons. The Labute approximate surface area is 163 Å². The van der Waals surface area contributed by atoms with Crippen molar-refractivity contribution in [2.75, 3.05) is 19.6 Å². The molecule has 3 heteroatoms. The molecule has 4 rings (SSSR count). The van der Waals surface area contributed by atoms with Crippen LogP contribution in [0, 0.1) is 5.92 Å². The SMILES string of the molecule is O=C(Cc1ccc2ccccc2c1)NC1CCN(CC2CCCCC2)CC1. The van der Waals surface area contributed by atoms with E-state index in [0.29, 0.717) is 12.5 Å². The topological polar surface area (TPSA) is 32.3 Å². The number of likely N-dealkylation sites (tertiary alicyclic amines) is 1. The number of amides is 1. The van der Waals surface area contributed by atoms with Crippen molar-refractivity contribution in [3.8, 4) is 0 Å². The summed E-state index contributed by atoms with van der Waals surface area (Å²) in [4.78, 5) is 15.1. The average Bonchev–Trinajstić information content (AvgIpc) is 2.70. The van der Waals surface area contributed by atoms with Crippen LogP contribution in [0.4, 0.5) is 0 Å². The highest BCUT2D eigenvalue weighted by molar-refractivity contribution is 5.85. The predicted octanol–water partition coefficient (Wildman–Crippen LogP) is 4.54. The van der Waals surface area contributed by atoms with Crippen molar-refractivity contribution in [2.45, 2.75) is 57.4 Å². The lowest BCUT2D eigenvalue weighted by molar-refractivity contribution is -0.121. The van der Waals surface area contributed by atoms with Gasteiger partial charge in [0.05, 0.1) is 6.42 Å². The van der Waals surface area contributed by atoms with Crippen LogP contribution in [0.1, 0.15) is 50.5 Å². The second-order valence-corrected chi connectivity index (χ2v) is 8.50. The molecule has 0 aromatic heterocycles. The first-order valence-corrected chi connectivity index (χ1v) is 10.8. The Morgan fingerprint density at radius 1 is 0.926 bits per heavy atom. The fourth-order valence-corrected chi connectivity index (χ4v) is 4.81. The van der Waals surface area contributed by atoms with Gasteiger partial charge in [0, 0.05) is 25.7 Å². The van der Waals surface area contributed by atoms with Gasteiger partial charge in [-0.1, -0.05) is 61.7 Å². The Morgan fingerprint density at radius 3 is 2.44 bits per heavy atom. The van der Waals surface area contributed by atoms with Gasteiger partial charge in [0.1, 0.15) is 0 Å². The second-order valence-electron chi connectivity index (χ2n) is 8.50. The second kappa shape index (κ2) is 8.88. The molecule has 1 N–H and O–H groups in total. The maximum Gasteiger partial charge on any atom is 0.224 e. The summed E-state index contributed by atoms with van der Waals surface area (Å²) in [6.45, 7) is 3.55. The zero-order valence-electron chi connectivity index (χ0n) is 16.3. The molecular formula is C24H32N2O. The summed E-state index contributed by atoms with van der Waals surface area (Å²) in [5.74, 6) is 1.08. The van der Waals surface area contributed by atoms with Crippen molar-refractivity contribution in [1.82, 2.24) is 10.2 Å². The smallest absolute Gasteiger partial charge is 0.224 e. The van der Waals surface area contributed by atoms with Crippen LogP contribution in [0.25, 0.3) is 10.8 Å². The zero-order chi connectivity index (χ0) is 18.5. The molecule has 0 spiro atoms. The van der Waals surface area contributed by atoms with Gasteiger partial charge < -0.3 is 10.2 Å². The van der Waals surface area contributed by atoms with Crippen LogP contribution in [0.2, 0.25) is 0 Å². The molecule has 3 nitrogen and oxygen atoms in total. The number of piperidine rings is 1. The number of carbonyl (C=O) groups is 1. The Bertz CT molecular complexity index is 758. The molecule has 1 saturated heterocycles. The van der Waals surface area contributed by atoms with Gasteiger partial charge in [-0.05, 0) is 47.9 Å². The summed E-state index contributed by atoms with van der Waals surface area (Å²) in [6.07, 6.45) is 9.78. The van der Waals surface area contributed by atoms with Gasteiger partial charge in [-0.2, -0.15) is 0 Å². The standard InChI is InChI=1S/C24H32N2O/c27-24(17-20-10-11-21-8-4-5-9-22(21)16-20)25-23-12-14-26(15-13-23)18-19-6-2-1-3-7-19/h4-5,8-11,16,19,23H,1-3,6-7,12-15,17-18H2,(H,25,27). The molecule has 2 aromatic rings. The fraction of sp³-hybridized carbons (Fsp3) is 0.542. The van der Waals surface area contributed by atoms with E-state index in [1.807, 2.05) is 6.07 Å². The lowest BCUT2D eigenvalue weighted by Crippen LogP contribution is -2.46. The molecule has 2 fully saturated rings. The normalized spacial score (nSPS) is 20.0. The number of hydrogen-bond donors (Lipinski definition) is 1. The number of rotatable bonds is 5. The molecule has 1 heterocycles. The highest BCUT2D eigenvalue weighted by Crippen LogP contribution is 2.25. The van der Waals surface area contributed by atoms with Gasteiger partial charge in [0.2, 0.25) is 5.91 Å². The van der Waals surface area contributed by atoms with Crippen LogP contribution in [-0.4, -0.2) is 36.5 Å². The van der Waals surface area contributed by atoms with E-state index in [4.69, 9.17) is 0 Å². The molecule has 27 heavy (non-hydrogen) atoms. The lowest BCUT2D eigenvalue weighted by Gasteiger charge is -2.35. The van der Waals surface area contributed by atoms with Gasteiger partial charge in [0.15, 0.2) is 0 Å². The van der Waals surface area contributed by atoms with Crippen LogP contribution < -0.4 is 5.32 Å². The van der Waals surface area contributed by atoms with E-state index in [1.165, 1.54) is 49.4 Å². The number of nitrogens with one attached hydrogen (secondary N) is 1. The van der Waals surface area contributed by atoms with Gasteiger partial charge in [-0.15, -0.1) is 0 Å². The number of nitrogens with zero attached hydrogens (tertiary/aromatic N) is 1. The van der Waals surface area contributed by atoms with Crippen LogP contribution in [0.15, 0.2) is 42.5 Å². The van der Waals surface area contributed by atoms with Crippen molar-refractivity contribution >= 4 is 16.7 Å². The average molecular weight is 365 g/mol. The maximum atomic E-state index is 12.5. The minimum Gasteiger partial charge on any atom is -0.353 e. The highest BCUT2D eigenvalue weighted by atomic mass is 16.1. The maximum absolute atomic E-state index is 12.5. The Balaban J connectivity index is 1.23. The van der Waals surface area contributed by atoms with E-state index in [-0.39, 0.29) is 5.91 Å². The van der Waals surface area contributed by atoms with Crippen molar-refractivity contribution in [3.63, 3.8) is 0 Å². The first-order chi connectivity index (χ1) is 13.3. The summed E-state index contributed by atoms with van der Waals surface area (Å²) < 4.78 is 0. The van der Waals surface area contributed by atoms with Crippen molar-refractivity contribution in [2.24, 2.45) is 5.92 Å². The van der Waals surface area contributed by atoms with E-state index >= 15 is 0 Å². The molecule has 2 aliphatic rings. The number of hydrogen-bond acceptors (Lipinski definition) is 2. The summed E-state index contributed by atoms with van der Waals surface area (Å²) in [5.41, 5.74) is 1.10. The van der Waals surface area contributed by atoms with Crippen LogP contribution in [0.3, 0.4) is 0 Å². The molecule has 1 aliphatic heterocycles. The van der Waals surface area contributed by atoms with Crippen LogP contribution in [0.5, 0.6) is 0 Å². The highest BCUT2D eigenvalue weighted by Gasteiger charge is 2.23. The summed E-state index contributed by atoms with van der Waals surface area (Å²) >= 11 is 0. The van der Waals surface area contributed by atoms with Crippen LogP contribution >= 0.6 is 0 Å². The Kier molecular flexibility index (Phi) is 6.08.